The van der Waals surface area contributed by atoms with Gasteiger partial charge in [-0.15, -0.1) is 0 Å². The van der Waals surface area contributed by atoms with Gasteiger partial charge in [-0.05, 0) is 562 Å². The Bertz CT molecular complexity index is 4250. The molecule has 0 radical (unpaired) electrons. The fraction of sp³-hybridized carbons (Fsp3) is 0.782. The molecule has 0 nitrogen and oxygen atoms in total. The summed E-state index contributed by atoms with van der Waals surface area (Å²) >= 11 is 0. The van der Waals surface area contributed by atoms with Crippen LogP contribution in [0, 0.1) is 414 Å². The first kappa shape index (κ1) is 67.0. The lowest BCUT2D eigenvalue weighted by atomic mass is 9.38. The highest BCUT2D eigenvalue weighted by Crippen LogP contribution is 2.91. The molecule has 0 saturated heterocycles. The fourth-order valence-electron chi connectivity index (χ4n) is 53.4. The Morgan fingerprint density at radius 1 is 0.0756 bits per heavy atom. The van der Waals surface area contributed by atoms with E-state index >= 15 is 0 Å². The standard InChI is InChI=1S/C36H42.C24H28.C24H30.C16H20.C12H14.C7H8/c1-2-12-5-11(1)23-15-7-16(24(12)23)30-29(15)33-19-9-20(34(30)33)28-22-10-21(27(19)28)35-31-17-8-18(32(31)36(22)35)26-14-4-3-13(6-14)25(17)26;1-2-10-5-9(1)17-13-7-14(18(10)17)22-21(13)23-15-8-16(24(22)23)20-12-4-3-11(6-12)19(15)20;1-2-14-7-13(1)19-10-21-15-3-4-17(8-15)23(21)12-24-18-6-5-16(9-18)22(24)11-20(14)19;1-2-10-5-9(1)13-7-15-11-3-4-12(6-11)16(15)8-14(10)13;1-2-8-5-7(1)11-9-3-4-10(6-9)12(8)11;1-2-7-4-3-6(1)5-7/h1-4,11-36H,5-10H2;1-4,9-24H,5-8H2;1-6,13-24H,7-12H2;1-4,9-16H,5-8H2;1-4,7-12H,5-6H2;1-4,6-7H,5H2. The molecule has 0 aliphatic heterocycles. The van der Waals surface area contributed by atoms with Crippen LogP contribution < -0.4 is 0 Å². The van der Waals surface area contributed by atoms with Crippen molar-refractivity contribution in [2.24, 2.45) is 414 Å². The van der Waals surface area contributed by atoms with Gasteiger partial charge in [-0.2, -0.15) is 0 Å². The lowest BCUT2D eigenvalue weighted by Crippen LogP contribution is -2.63. The van der Waals surface area contributed by atoms with E-state index < -0.39 is 0 Å². The van der Waals surface area contributed by atoms with Crippen LogP contribution in [0.3, 0.4) is 0 Å². The maximum absolute atomic E-state index is 2.70. The van der Waals surface area contributed by atoms with Gasteiger partial charge in [0.15, 0.2) is 0 Å². The first-order valence-corrected chi connectivity index (χ1v) is 54.8. The Morgan fingerprint density at radius 3 is 0.336 bits per heavy atom. The van der Waals surface area contributed by atoms with Crippen LogP contribution in [0.25, 0.3) is 0 Å². The second-order valence-corrected chi connectivity index (χ2v) is 54.8. The third-order valence-electron chi connectivity index (χ3n) is 54.4. The summed E-state index contributed by atoms with van der Waals surface area (Å²) in [7, 11) is 0. The van der Waals surface area contributed by atoms with Crippen molar-refractivity contribution in [2.75, 3.05) is 0 Å². The van der Waals surface area contributed by atoms with Crippen LogP contribution >= 0.6 is 0 Å². The van der Waals surface area contributed by atoms with E-state index in [1.807, 2.05) is 0 Å². The van der Waals surface area contributed by atoms with Gasteiger partial charge in [-0.1, -0.05) is 158 Å². The summed E-state index contributed by atoms with van der Waals surface area (Å²) in [6, 6.07) is 0. The van der Waals surface area contributed by atoms with E-state index in [1.165, 1.54) is 205 Å². The molecule has 0 spiro atoms. The molecule has 28 saturated carbocycles. The van der Waals surface area contributed by atoms with Crippen molar-refractivity contribution in [2.45, 2.75) is 148 Å². The first-order valence-electron chi connectivity index (χ1n) is 54.8. The largest absolute Gasteiger partial charge is 0.0848 e. The molecule has 28 fully saturated rings. The van der Waals surface area contributed by atoms with E-state index in [4.69, 9.17) is 0 Å². The van der Waals surface area contributed by atoms with Gasteiger partial charge in [0.05, 0.1) is 0 Å². The van der Waals surface area contributed by atoms with Gasteiger partial charge in [-0.25, -0.2) is 0 Å². The molecule has 0 heteroatoms. The summed E-state index contributed by atoms with van der Waals surface area (Å²) < 4.78 is 0. The predicted octanol–water partition coefficient (Wildman–Crippen LogP) is 24.8. The Hall–Kier alpha value is -3.38. The lowest BCUT2D eigenvalue weighted by molar-refractivity contribution is -0.200. The molecule has 0 aromatic carbocycles. The normalized spacial score (nSPS) is 71.7. The Balaban J connectivity index is 0.0000000686. The molecule has 41 aliphatic rings. The predicted molar refractivity (Wildman–Crippen MR) is 469 cm³/mol. The Morgan fingerprint density at radius 2 is 0.193 bits per heavy atom. The van der Waals surface area contributed by atoms with Crippen LogP contribution in [0.4, 0.5) is 0 Å². The van der Waals surface area contributed by atoms with E-state index in [0.717, 1.165) is 260 Å². The lowest BCUT2D eigenvalue weighted by Gasteiger charge is -2.67. The topological polar surface area (TPSA) is 0 Å². The number of hydrogen-bond acceptors (Lipinski definition) is 0. The number of allylic oxidation sites excluding steroid dienone is 26. The zero-order valence-corrected chi connectivity index (χ0v) is 71.7. The minimum Gasteiger partial charge on any atom is -0.0848 e. The van der Waals surface area contributed by atoms with Crippen molar-refractivity contribution >= 4 is 0 Å². The van der Waals surface area contributed by atoms with Crippen molar-refractivity contribution in [1.82, 2.24) is 0 Å². The molecule has 0 heterocycles. The van der Waals surface area contributed by atoms with Crippen LogP contribution in [0.5, 0.6) is 0 Å². The van der Waals surface area contributed by atoms with E-state index in [0.29, 0.717) is 0 Å². The molecule has 0 amide bonds. The molecule has 36 bridgehead atoms. The van der Waals surface area contributed by atoms with Crippen molar-refractivity contribution < 1.29 is 0 Å². The van der Waals surface area contributed by atoms with Crippen molar-refractivity contribution in [3.05, 3.63) is 158 Å². The third-order valence-corrected chi connectivity index (χ3v) is 54.4. The number of hydrogen-bond donors (Lipinski definition) is 0. The van der Waals surface area contributed by atoms with Gasteiger partial charge in [0.2, 0.25) is 0 Å². The van der Waals surface area contributed by atoms with Gasteiger partial charge in [0.1, 0.15) is 0 Å². The first-order chi connectivity index (χ1) is 58.9. The average Bonchev–Trinajstić information content (AvgIpc) is 1.46. The quantitative estimate of drug-likeness (QED) is 0.168. The minimum absolute atomic E-state index is 0.810. The summed E-state index contributed by atoms with van der Waals surface area (Å²) in [5.41, 5.74) is 0. The smallest absolute Gasteiger partial charge is 0.00445 e. The highest BCUT2D eigenvalue weighted by molar-refractivity contribution is 5.38. The van der Waals surface area contributed by atoms with Gasteiger partial charge in [0.25, 0.3) is 0 Å². The molecule has 119 heavy (non-hydrogen) atoms. The second-order valence-electron chi connectivity index (χ2n) is 54.8. The Kier molecular flexibility index (Phi) is 12.7. The molecule has 44 unspecified atom stereocenters. The van der Waals surface area contributed by atoms with E-state index in [1.54, 1.807) is 96.3 Å². The third kappa shape index (κ3) is 7.88. The van der Waals surface area contributed by atoms with E-state index in [-0.39, 0.29) is 0 Å². The molecular weight excluding hydrogens is 1430 g/mol. The summed E-state index contributed by atoms with van der Waals surface area (Å²) in [4.78, 5) is 0. The zero-order chi connectivity index (χ0) is 75.1. The highest BCUT2D eigenvalue weighted by Gasteiger charge is 2.86. The van der Waals surface area contributed by atoms with Crippen molar-refractivity contribution in [3.8, 4) is 0 Å². The number of rotatable bonds is 0. The molecule has 41 aliphatic carbocycles. The molecule has 618 valence electrons. The minimum atomic E-state index is 0.810. The molecule has 0 aromatic rings. The summed E-state index contributed by atoms with van der Waals surface area (Å²) in [6.45, 7) is 0. The molecular formula is C119H142. The second kappa shape index (κ2) is 22.6. The molecule has 0 N–H and O–H groups in total. The van der Waals surface area contributed by atoms with Crippen molar-refractivity contribution in [3.63, 3.8) is 0 Å². The summed E-state index contributed by atoms with van der Waals surface area (Å²) in [5.74, 6) is 77.0. The maximum atomic E-state index is 2.70. The van der Waals surface area contributed by atoms with E-state index in [2.05, 4.69) is 158 Å². The van der Waals surface area contributed by atoms with Crippen LogP contribution in [0.15, 0.2) is 158 Å². The molecule has 0 aromatic heterocycles. The summed E-state index contributed by atoms with van der Waals surface area (Å²) in [5, 5.41) is 0. The number of fused-ring (bicyclic) bond motifs is 105. The highest BCUT2D eigenvalue weighted by atomic mass is 14.9. The van der Waals surface area contributed by atoms with Crippen LogP contribution in [-0.4, -0.2) is 0 Å². The SMILES string of the molecule is C1=CC2C=CC1C2.C1=CC2CC1C1C3C=CC(C3)C21.C1=CC2CC1C1C3CC(C21)C1C3C2C3CC(C4C5C=CC(C5)C34)C12.C1=CC2CC1C1C3CC(C21)C1C3C2C3CC(C4C5CC(C34)C3C4C6CC(C7C8C=CC(C8)C67)C4C53)C12.C1=CC2CC1C1CC3C4C=CC(C4)C3CC21.C1=CC2CC1C1CC3C4C=CC(C4)C3CC3C4C=CC(C4)C3CC21. The maximum Gasteiger partial charge on any atom is -0.00445 e. The monoisotopic (exact) mass is 1570 g/mol. The van der Waals surface area contributed by atoms with Gasteiger partial charge >= 0.3 is 0 Å². The average molecular weight is 1570 g/mol. The van der Waals surface area contributed by atoms with Crippen LogP contribution in [-0.2, 0) is 0 Å². The van der Waals surface area contributed by atoms with Gasteiger partial charge in [0, 0.05) is 0 Å². The Labute approximate surface area is 715 Å². The van der Waals surface area contributed by atoms with Gasteiger partial charge in [-0.3, -0.25) is 0 Å². The van der Waals surface area contributed by atoms with Crippen LogP contribution in [0.2, 0.25) is 0 Å². The van der Waals surface area contributed by atoms with E-state index in [9.17, 15) is 0 Å². The summed E-state index contributed by atoms with van der Waals surface area (Å²) in [6.07, 6.45) is 103. The van der Waals surface area contributed by atoms with Gasteiger partial charge < -0.3 is 0 Å². The van der Waals surface area contributed by atoms with Crippen molar-refractivity contribution in [1.29, 1.82) is 0 Å². The zero-order valence-electron chi connectivity index (χ0n) is 71.7. The fourth-order valence-corrected chi connectivity index (χ4v) is 53.4. The van der Waals surface area contributed by atoms with Crippen LogP contribution in [0.1, 0.15) is 148 Å². The molecule has 44 atom stereocenters. The molecule has 41 rings (SSSR count).